The van der Waals surface area contributed by atoms with Crippen LogP contribution in [0.2, 0.25) is 0 Å². The molecule has 1 atom stereocenters. The van der Waals surface area contributed by atoms with Crippen molar-refractivity contribution >= 4 is 28.0 Å². The van der Waals surface area contributed by atoms with Gasteiger partial charge in [-0.3, -0.25) is 9.79 Å². The molecule has 1 aliphatic heterocycles. The minimum atomic E-state index is -4.09. The number of benzene rings is 1. The molecule has 2 amide bonds. The maximum absolute atomic E-state index is 14.1. The van der Waals surface area contributed by atoms with Crippen LogP contribution < -0.4 is 16.2 Å². The van der Waals surface area contributed by atoms with Crippen LogP contribution in [0.4, 0.5) is 4.79 Å². The fourth-order valence-corrected chi connectivity index (χ4v) is 6.65. The Balaban J connectivity index is 2.42. The predicted molar refractivity (Wildman–Crippen MR) is 158 cm³/mol. The van der Waals surface area contributed by atoms with Gasteiger partial charge in [-0.25, -0.2) is 13.2 Å². The highest BCUT2D eigenvalue weighted by Gasteiger charge is 2.34. The van der Waals surface area contributed by atoms with Crippen molar-refractivity contribution in [1.29, 1.82) is 0 Å². The van der Waals surface area contributed by atoms with Crippen LogP contribution in [-0.2, 0) is 19.6 Å². The largest absolute Gasteiger partial charge is 0.450 e. The summed E-state index contributed by atoms with van der Waals surface area (Å²) in [6.45, 7) is 15.5. The molecule has 2 rings (SSSR count). The fraction of sp³-hybridized carbons (Fsp3) is 0.679. The Bertz CT molecular complexity index is 1120. The predicted octanol–water partition coefficient (Wildman–Crippen LogP) is 3.06. The number of amides is 2. The molecule has 0 aromatic heterocycles. The molecule has 12 heteroatoms. The van der Waals surface area contributed by atoms with Crippen LogP contribution >= 0.6 is 0 Å². The number of ether oxygens (including phenoxy) is 1. The Morgan fingerprint density at radius 1 is 0.950 bits per heavy atom. The maximum atomic E-state index is 14.1. The summed E-state index contributed by atoms with van der Waals surface area (Å²) in [5.41, 5.74) is 13.4. The zero-order chi connectivity index (χ0) is 30.2. The highest BCUT2D eigenvalue weighted by Crippen LogP contribution is 2.35. The monoisotopic (exact) mass is 580 g/mol. The van der Waals surface area contributed by atoms with Crippen LogP contribution in [0.5, 0.6) is 0 Å². The van der Waals surface area contributed by atoms with E-state index in [0.29, 0.717) is 19.5 Å². The number of hydrogen-bond acceptors (Lipinski definition) is 6. The lowest BCUT2D eigenvalue weighted by Crippen LogP contribution is -2.56. The Hall–Kier alpha value is -2.86. The summed E-state index contributed by atoms with van der Waals surface area (Å²) in [5, 5.41) is 0. The molecule has 0 unspecified atom stereocenters. The van der Waals surface area contributed by atoms with Crippen LogP contribution in [0.3, 0.4) is 0 Å². The van der Waals surface area contributed by atoms with Crippen molar-refractivity contribution in [2.45, 2.75) is 90.0 Å². The first kappa shape index (κ1) is 33.3. The molecule has 0 bridgehead atoms. The van der Waals surface area contributed by atoms with E-state index in [1.54, 1.807) is 16.7 Å². The zero-order valence-corrected chi connectivity index (χ0v) is 25.9. The molecule has 1 aliphatic rings. The summed E-state index contributed by atoms with van der Waals surface area (Å²) in [7, 11) is -4.09. The normalized spacial score (nSPS) is 15.1. The Kier molecular flexibility index (Phi) is 12.2. The third kappa shape index (κ3) is 8.82. The van der Waals surface area contributed by atoms with Crippen LogP contribution in [-0.4, -0.2) is 81.6 Å². The molecule has 40 heavy (non-hydrogen) atoms. The topological polar surface area (TPSA) is 160 Å². The summed E-state index contributed by atoms with van der Waals surface area (Å²) >= 11 is 0. The lowest BCUT2D eigenvalue weighted by Gasteiger charge is -2.36. The number of rotatable bonds is 12. The van der Waals surface area contributed by atoms with E-state index in [4.69, 9.17) is 16.2 Å². The maximum Gasteiger partial charge on any atom is 0.409 e. The molecule has 0 aliphatic carbocycles. The first-order valence-corrected chi connectivity index (χ1v) is 15.6. The van der Waals surface area contributed by atoms with Gasteiger partial charge in [0.25, 0.3) is 0 Å². The van der Waals surface area contributed by atoms with Crippen molar-refractivity contribution in [2.75, 3.05) is 39.3 Å². The highest BCUT2D eigenvalue weighted by molar-refractivity contribution is 7.89. The smallest absolute Gasteiger partial charge is 0.409 e. The lowest BCUT2D eigenvalue weighted by molar-refractivity contribution is -0.134. The fourth-order valence-electron chi connectivity index (χ4n) is 4.73. The number of aliphatic imine (C=N–C) groups is 1. The standard InChI is InChI=1S/C28H48N6O5S/c1-8-39-28(36)34-14-12-33(13-15-34)26(35)24(10-9-11-31-27(29)30)32-40(37,38)25-22(19(4)5)16-21(18(2)3)17-23(25)20(6)7/h16-20,24,32H,8-15H2,1-7H3,(H4,29,30,31)/t24-/m0/s1. The molecule has 1 saturated heterocycles. The van der Waals surface area contributed by atoms with E-state index in [2.05, 4.69) is 23.6 Å². The summed E-state index contributed by atoms with van der Waals surface area (Å²) in [6, 6.07) is 2.93. The summed E-state index contributed by atoms with van der Waals surface area (Å²) < 4.78 is 36.0. The first-order chi connectivity index (χ1) is 18.7. The van der Waals surface area contributed by atoms with Crippen molar-refractivity contribution in [2.24, 2.45) is 16.5 Å². The Morgan fingerprint density at radius 2 is 1.48 bits per heavy atom. The van der Waals surface area contributed by atoms with E-state index in [1.807, 2.05) is 39.8 Å². The second-order valence-electron chi connectivity index (χ2n) is 11.1. The van der Waals surface area contributed by atoms with E-state index in [0.717, 1.165) is 16.7 Å². The molecule has 226 valence electrons. The number of nitrogens with two attached hydrogens (primary N) is 2. The second-order valence-corrected chi connectivity index (χ2v) is 12.8. The summed E-state index contributed by atoms with van der Waals surface area (Å²) in [6.07, 6.45) is 0.196. The highest BCUT2D eigenvalue weighted by atomic mass is 32.2. The number of carbonyl (C=O) groups is 2. The Labute approximate surface area is 239 Å². The van der Waals surface area contributed by atoms with Gasteiger partial charge in [-0.15, -0.1) is 0 Å². The molecular weight excluding hydrogens is 532 g/mol. The molecule has 0 radical (unpaired) electrons. The van der Waals surface area contributed by atoms with Gasteiger partial charge in [0.2, 0.25) is 15.9 Å². The van der Waals surface area contributed by atoms with Crippen LogP contribution in [0.15, 0.2) is 22.0 Å². The van der Waals surface area contributed by atoms with Gasteiger partial charge < -0.3 is 26.0 Å². The number of carbonyl (C=O) groups excluding carboxylic acids is 2. The molecule has 5 N–H and O–H groups in total. The third-order valence-electron chi connectivity index (χ3n) is 7.01. The SMILES string of the molecule is CCOC(=O)N1CCN(C(=O)[C@H](CCCN=C(N)N)NS(=O)(=O)c2c(C(C)C)cc(C(C)C)cc2C(C)C)CC1. The number of hydrogen-bond donors (Lipinski definition) is 3. The quantitative estimate of drug-likeness (QED) is 0.194. The minimum Gasteiger partial charge on any atom is -0.450 e. The lowest BCUT2D eigenvalue weighted by atomic mass is 9.89. The van der Waals surface area contributed by atoms with E-state index < -0.39 is 22.2 Å². The van der Waals surface area contributed by atoms with Crippen molar-refractivity contribution in [3.8, 4) is 0 Å². The molecule has 1 aromatic carbocycles. The van der Waals surface area contributed by atoms with E-state index in [-0.39, 0.29) is 67.2 Å². The number of piperazine rings is 1. The van der Waals surface area contributed by atoms with Crippen molar-refractivity contribution in [3.05, 3.63) is 28.8 Å². The zero-order valence-electron chi connectivity index (χ0n) is 25.1. The Morgan fingerprint density at radius 3 is 1.93 bits per heavy atom. The number of nitrogens with zero attached hydrogens (tertiary/aromatic N) is 3. The van der Waals surface area contributed by atoms with Crippen LogP contribution in [0.25, 0.3) is 0 Å². The van der Waals surface area contributed by atoms with Crippen molar-refractivity contribution in [1.82, 2.24) is 14.5 Å². The van der Waals surface area contributed by atoms with Gasteiger partial charge in [-0.2, -0.15) is 4.72 Å². The van der Waals surface area contributed by atoms with Gasteiger partial charge in [-0.05, 0) is 54.2 Å². The van der Waals surface area contributed by atoms with Gasteiger partial charge in [0.15, 0.2) is 5.96 Å². The van der Waals surface area contributed by atoms with Gasteiger partial charge in [0, 0.05) is 32.7 Å². The van der Waals surface area contributed by atoms with Gasteiger partial charge in [-0.1, -0.05) is 53.7 Å². The van der Waals surface area contributed by atoms with Crippen molar-refractivity contribution in [3.63, 3.8) is 0 Å². The van der Waals surface area contributed by atoms with E-state index in [9.17, 15) is 18.0 Å². The van der Waals surface area contributed by atoms with Gasteiger partial charge >= 0.3 is 6.09 Å². The average molecular weight is 581 g/mol. The van der Waals surface area contributed by atoms with Crippen molar-refractivity contribution < 1.29 is 22.7 Å². The van der Waals surface area contributed by atoms with Gasteiger partial charge in [0.05, 0.1) is 11.5 Å². The minimum absolute atomic E-state index is 0.0465. The molecule has 0 saturated carbocycles. The third-order valence-corrected chi connectivity index (χ3v) is 8.61. The second kappa shape index (κ2) is 14.7. The number of sulfonamides is 1. The molecule has 0 spiro atoms. The first-order valence-electron chi connectivity index (χ1n) is 14.1. The summed E-state index contributed by atoms with van der Waals surface area (Å²) in [4.78, 5) is 33.2. The molecular formula is C28H48N6O5S. The van der Waals surface area contributed by atoms with Crippen LogP contribution in [0.1, 0.15) is 95.8 Å². The molecule has 1 aromatic rings. The number of nitrogens with one attached hydrogen (secondary N) is 1. The van der Waals surface area contributed by atoms with E-state index >= 15 is 0 Å². The van der Waals surface area contributed by atoms with Crippen LogP contribution in [0, 0.1) is 0 Å². The van der Waals surface area contributed by atoms with E-state index in [1.165, 1.54) is 0 Å². The van der Waals surface area contributed by atoms with Gasteiger partial charge in [0.1, 0.15) is 6.04 Å². The molecule has 1 fully saturated rings. The average Bonchev–Trinajstić information content (AvgIpc) is 2.89. The summed E-state index contributed by atoms with van der Waals surface area (Å²) in [5.74, 6) is -0.262. The molecule has 1 heterocycles. The molecule has 11 nitrogen and oxygen atoms in total. The number of guanidine groups is 1.